The van der Waals surface area contributed by atoms with Gasteiger partial charge in [0.2, 0.25) is 5.91 Å². The van der Waals surface area contributed by atoms with Gasteiger partial charge in [-0.25, -0.2) is 0 Å². The van der Waals surface area contributed by atoms with Crippen LogP contribution in [0.25, 0.3) is 10.8 Å². The van der Waals surface area contributed by atoms with E-state index >= 15 is 0 Å². The lowest BCUT2D eigenvalue weighted by molar-refractivity contribution is -0.126. The van der Waals surface area contributed by atoms with Gasteiger partial charge in [-0.2, -0.15) is 9.97 Å². The Labute approximate surface area is 246 Å². The SMILES string of the molecule is CN1CCC[C@H]1COc1nc2c(c(N3CCN(C(=O)/C=C/CO)CC3)n1)CCN(c1cccc3cccc(Cl)c13)C2. The lowest BCUT2D eigenvalue weighted by Gasteiger charge is -2.38. The third-order valence-electron chi connectivity index (χ3n) is 8.53. The maximum absolute atomic E-state index is 12.5. The van der Waals surface area contributed by atoms with E-state index in [9.17, 15) is 4.79 Å². The maximum Gasteiger partial charge on any atom is 0.318 e. The molecule has 216 valence electrons. The third-order valence-corrected chi connectivity index (χ3v) is 8.84. The van der Waals surface area contributed by atoms with Crippen LogP contribution in [0.4, 0.5) is 11.5 Å². The molecule has 2 aromatic carbocycles. The van der Waals surface area contributed by atoms with Crippen LogP contribution >= 0.6 is 11.6 Å². The summed E-state index contributed by atoms with van der Waals surface area (Å²) in [6.07, 6.45) is 6.03. The van der Waals surface area contributed by atoms with Gasteiger partial charge in [-0.3, -0.25) is 4.79 Å². The molecule has 0 aliphatic carbocycles. The zero-order valence-corrected chi connectivity index (χ0v) is 24.3. The van der Waals surface area contributed by atoms with E-state index in [4.69, 9.17) is 31.4 Å². The van der Waals surface area contributed by atoms with Crippen molar-refractivity contribution in [1.29, 1.82) is 0 Å². The molecule has 0 bridgehead atoms. The average molecular weight is 577 g/mol. The number of aliphatic hydroxyl groups is 1. The van der Waals surface area contributed by atoms with Crippen LogP contribution in [0.15, 0.2) is 48.6 Å². The number of hydrogen-bond acceptors (Lipinski definition) is 8. The number of halogens is 1. The van der Waals surface area contributed by atoms with Crippen molar-refractivity contribution >= 4 is 39.8 Å². The fraction of sp³-hybridized carbons (Fsp3) is 0.452. The Kier molecular flexibility index (Phi) is 8.27. The number of rotatable bonds is 7. The van der Waals surface area contributed by atoms with Crippen LogP contribution in [-0.2, 0) is 17.8 Å². The van der Waals surface area contributed by atoms with E-state index in [0.29, 0.717) is 51.4 Å². The highest BCUT2D eigenvalue weighted by Crippen LogP contribution is 2.37. The second-order valence-corrected chi connectivity index (χ2v) is 11.4. The summed E-state index contributed by atoms with van der Waals surface area (Å²) in [5.41, 5.74) is 3.24. The van der Waals surface area contributed by atoms with Crippen LogP contribution < -0.4 is 14.5 Å². The quantitative estimate of drug-likeness (QED) is 0.428. The average Bonchev–Trinajstić information content (AvgIpc) is 3.42. The first-order chi connectivity index (χ1) is 20.0. The molecule has 1 N–H and O–H groups in total. The highest BCUT2D eigenvalue weighted by atomic mass is 35.5. The number of likely N-dealkylation sites (N-methyl/N-ethyl adjacent to an activating group) is 1. The summed E-state index contributed by atoms with van der Waals surface area (Å²) in [4.78, 5) is 31.1. The lowest BCUT2D eigenvalue weighted by Crippen LogP contribution is -2.49. The van der Waals surface area contributed by atoms with Gasteiger partial charge >= 0.3 is 6.01 Å². The van der Waals surface area contributed by atoms with E-state index in [1.807, 2.05) is 17.0 Å². The monoisotopic (exact) mass is 576 g/mol. The number of benzene rings is 2. The summed E-state index contributed by atoms with van der Waals surface area (Å²) < 4.78 is 6.26. The van der Waals surface area contributed by atoms with Gasteiger partial charge in [-0.1, -0.05) is 41.9 Å². The smallest absolute Gasteiger partial charge is 0.318 e. The molecule has 1 atom stereocenters. The molecule has 9 nitrogen and oxygen atoms in total. The second kappa shape index (κ2) is 12.2. The largest absolute Gasteiger partial charge is 0.462 e. The summed E-state index contributed by atoms with van der Waals surface area (Å²) in [6, 6.07) is 13.1. The van der Waals surface area contributed by atoms with Crippen molar-refractivity contribution in [2.75, 3.05) is 69.3 Å². The molecular formula is C31H37ClN6O3. The fourth-order valence-electron chi connectivity index (χ4n) is 6.22. The fourth-order valence-corrected chi connectivity index (χ4v) is 6.50. The molecule has 3 aliphatic rings. The number of aliphatic hydroxyl groups excluding tert-OH is 1. The third kappa shape index (κ3) is 5.84. The normalized spacial score (nSPS) is 19.8. The van der Waals surface area contributed by atoms with E-state index in [2.05, 4.69) is 46.0 Å². The number of piperazine rings is 1. The highest BCUT2D eigenvalue weighted by molar-refractivity contribution is 6.36. The number of aromatic nitrogens is 2. The summed E-state index contributed by atoms with van der Waals surface area (Å²) >= 11 is 6.68. The molecule has 10 heteroatoms. The molecule has 0 spiro atoms. The van der Waals surface area contributed by atoms with E-state index in [-0.39, 0.29) is 12.5 Å². The van der Waals surface area contributed by atoms with Crippen molar-refractivity contribution in [3.63, 3.8) is 0 Å². The van der Waals surface area contributed by atoms with Crippen molar-refractivity contribution in [2.45, 2.75) is 31.8 Å². The summed E-state index contributed by atoms with van der Waals surface area (Å²) in [7, 11) is 2.14. The molecule has 2 saturated heterocycles. The van der Waals surface area contributed by atoms with Crippen LogP contribution in [0, 0.1) is 0 Å². The minimum atomic E-state index is -0.139. The molecule has 0 unspecified atom stereocenters. The first-order valence-electron chi connectivity index (χ1n) is 14.5. The minimum Gasteiger partial charge on any atom is -0.462 e. The molecule has 3 aromatic rings. The first kappa shape index (κ1) is 27.8. The van der Waals surface area contributed by atoms with Crippen molar-refractivity contribution < 1.29 is 14.6 Å². The molecule has 0 saturated carbocycles. The molecule has 1 aromatic heterocycles. The Balaban J connectivity index is 1.28. The number of ether oxygens (including phenoxy) is 1. The van der Waals surface area contributed by atoms with E-state index < -0.39 is 0 Å². The summed E-state index contributed by atoms with van der Waals surface area (Å²) in [5.74, 6) is 0.843. The van der Waals surface area contributed by atoms with Gasteiger partial charge in [-0.15, -0.1) is 0 Å². The van der Waals surface area contributed by atoms with Crippen LogP contribution in [0.2, 0.25) is 5.02 Å². The van der Waals surface area contributed by atoms with Gasteiger partial charge in [0.15, 0.2) is 0 Å². The Morgan fingerprint density at radius 2 is 1.88 bits per heavy atom. The van der Waals surface area contributed by atoms with Gasteiger partial charge in [0, 0.05) is 61.5 Å². The predicted octanol–water partition coefficient (Wildman–Crippen LogP) is 3.52. The number of amides is 1. The topological polar surface area (TPSA) is 85.3 Å². The Morgan fingerprint density at radius 3 is 2.63 bits per heavy atom. The summed E-state index contributed by atoms with van der Waals surface area (Å²) in [5, 5.41) is 12.0. The molecule has 6 rings (SSSR count). The predicted molar refractivity (Wildman–Crippen MR) is 162 cm³/mol. The Bertz CT molecular complexity index is 1440. The molecular weight excluding hydrogens is 540 g/mol. The number of fused-ring (bicyclic) bond motifs is 2. The molecule has 2 fully saturated rings. The van der Waals surface area contributed by atoms with Gasteiger partial charge in [0.05, 0.1) is 23.9 Å². The maximum atomic E-state index is 12.5. The number of hydrogen-bond donors (Lipinski definition) is 1. The van der Waals surface area contributed by atoms with Crippen molar-refractivity contribution in [2.24, 2.45) is 0 Å². The molecule has 0 radical (unpaired) electrons. The number of anilines is 2. The highest BCUT2D eigenvalue weighted by Gasteiger charge is 2.30. The standard InChI is InChI=1S/C31H37ClN6O3/c1-35-13-4-8-23(35)21-41-31-33-26-20-38(27-10-3-7-22-6-2-9-25(32)29(22)27)14-12-24(26)30(34-31)37-17-15-36(16-18-37)28(40)11-5-19-39/h2-3,5-7,9-11,23,39H,4,8,12-21H2,1H3/b11-5+/t23-/m0/s1. The Morgan fingerprint density at radius 1 is 1.07 bits per heavy atom. The lowest BCUT2D eigenvalue weighted by atomic mass is 10.0. The van der Waals surface area contributed by atoms with Crippen molar-refractivity contribution in [3.8, 4) is 6.01 Å². The van der Waals surface area contributed by atoms with Gasteiger partial charge in [0.25, 0.3) is 0 Å². The zero-order chi connectivity index (χ0) is 28.3. The van der Waals surface area contributed by atoms with Gasteiger partial charge < -0.3 is 29.4 Å². The van der Waals surface area contributed by atoms with E-state index in [1.165, 1.54) is 18.6 Å². The minimum absolute atomic E-state index is 0.0717. The molecule has 4 heterocycles. The first-order valence-corrected chi connectivity index (χ1v) is 14.9. The number of nitrogens with zero attached hydrogens (tertiary/aromatic N) is 6. The molecule has 1 amide bonds. The van der Waals surface area contributed by atoms with Gasteiger partial charge in [-0.05, 0) is 50.4 Å². The van der Waals surface area contributed by atoms with Crippen LogP contribution in [-0.4, -0.2) is 96.4 Å². The molecule has 41 heavy (non-hydrogen) atoms. The summed E-state index contributed by atoms with van der Waals surface area (Å²) in [6.45, 7) is 5.52. The van der Waals surface area contributed by atoms with Crippen molar-refractivity contribution in [3.05, 3.63) is 64.8 Å². The number of carbonyl (C=O) groups excluding carboxylic acids is 1. The van der Waals surface area contributed by atoms with E-state index in [0.717, 1.165) is 64.5 Å². The van der Waals surface area contributed by atoms with Crippen LogP contribution in [0.5, 0.6) is 6.01 Å². The van der Waals surface area contributed by atoms with Gasteiger partial charge in [0.1, 0.15) is 12.4 Å². The van der Waals surface area contributed by atoms with E-state index in [1.54, 1.807) is 0 Å². The number of likely N-dealkylation sites (tertiary alicyclic amines) is 1. The molecule has 3 aliphatic heterocycles. The zero-order valence-electron chi connectivity index (χ0n) is 23.5. The van der Waals surface area contributed by atoms with Crippen LogP contribution in [0.1, 0.15) is 24.1 Å². The van der Waals surface area contributed by atoms with Crippen LogP contribution in [0.3, 0.4) is 0 Å². The number of carbonyl (C=O) groups is 1. The van der Waals surface area contributed by atoms with Crippen molar-refractivity contribution in [1.82, 2.24) is 19.8 Å². The second-order valence-electron chi connectivity index (χ2n) is 11.0. The Hall–Kier alpha value is -3.40.